The highest BCUT2D eigenvalue weighted by molar-refractivity contribution is 5.98. The third kappa shape index (κ3) is 3.93. The van der Waals surface area contributed by atoms with Crippen molar-refractivity contribution in [2.45, 2.75) is 18.9 Å². The third-order valence-electron chi connectivity index (χ3n) is 3.90. The number of hydrogen-bond donors (Lipinski definition) is 2. The van der Waals surface area contributed by atoms with Gasteiger partial charge in [0.05, 0.1) is 13.7 Å². The first kappa shape index (κ1) is 16.1. The lowest BCUT2D eigenvalue weighted by Crippen LogP contribution is -2.37. The molecule has 2 amide bonds. The molecule has 2 aromatic carbocycles. The van der Waals surface area contributed by atoms with Gasteiger partial charge in [-0.15, -0.1) is 0 Å². The second kappa shape index (κ2) is 7.17. The Morgan fingerprint density at radius 3 is 2.54 bits per heavy atom. The van der Waals surface area contributed by atoms with Gasteiger partial charge in [0.25, 0.3) is 5.91 Å². The van der Waals surface area contributed by atoms with Crippen molar-refractivity contribution < 1.29 is 14.3 Å². The molecular weight excluding hydrogens is 304 g/mol. The van der Waals surface area contributed by atoms with Crippen molar-refractivity contribution in [1.82, 2.24) is 10.6 Å². The minimum atomic E-state index is -0.277. The zero-order valence-electron chi connectivity index (χ0n) is 13.5. The first-order valence-electron chi connectivity index (χ1n) is 7.98. The first-order chi connectivity index (χ1) is 11.7. The minimum absolute atomic E-state index is 0.0119. The van der Waals surface area contributed by atoms with Gasteiger partial charge in [-0.05, 0) is 36.6 Å². The molecule has 2 aromatic rings. The molecule has 24 heavy (non-hydrogen) atoms. The van der Waals surface area contributed by atoms with Crippen molar-refractivity contribution in [1.29, 1.82) is 0 Å². The molecule has 1 aliphatic carbocycles. The van der Waals surface area contributed by atoms with Crippen molar-refractivity contribution in [2.75, 3.05) is 13.7 Å². The fourth-order valence-corrected chi connectivity index (χ4v) is 2.46. The molecule has 0 aromatic heterocycles. The Labute approximate surface area is 141 Å². The Kier molecular flexibility index (Phi) is 4.79. The lowest BCUT2D eigenvalue weighted by molar-refractivity contribution is -0.120. The van der Waals surface area contributed by atoms with Crippen LogP contribution in [-0.2, 0) is 4.79 Å². The fraction of sp³-hybridized carbons (Fsp3) is 0.263. The number of hydrogen-bond acceptors (Lipinski definition) is 3. The molecule has 5 heteroatoms. The second-order valence-electron chi connectivity index (χ2n) is 5.81. The van der Waals surface area contributed by atoms with Crippen molar-refractivity contribution in [3.63, 3.8) is 0 Å². The predicted octanol–water partition coefficient (Wildman–Crippen LogP) is 2.37. The van der Waals surface area contributed by atoms with E-state index in [-0.39, 0.29) is 18.4 Å². The van der Waals surface area contributed by atoms with Crippen molar-refractivity contribution in [3.05, 3.63) is 54.1 Å². The topological polar surface area (TPSA) is 67.4 Å². The van der Waals surface area contributed by atoms with Crippen LogP contribution in [0.15, 0.2) is 48.5 Å². The highest BCUT2D eigenvalue weighted by atomic mass is 16.5. The summed E-state index contributed by atoms with van der Waals surface area (Å²) < 4.78 is 5.39. The Balaban J connectivity index is 1.73. The molecule has 0 aliphatic heterocycles. The quantitative estimate of drug-likeness (QED) is 0.857. The molecule has 0 unspecified atom stereocenters. The van der Waals surface area contributed by atoms with E-state index in [1.807, 2.05) is 30.3 Å². The Morgan fingerprint density at radius 1 is 1.12 bits per heavy atom. The molecule has 0 heterocycles. The first-order valence-corrected chi connectivity index (χ1v) is 7.98. The van der Waals surface area contributed by atoms with Crippen LogP contribution in [0, 0.1) is 0 Å². The van der Waals surface area contributed by atoms with Gasteiger partial charge in [-0.1, -0.05) is 30.3 Å². The SMILES string of the molecule is COc1ccc(C(=O)NCC(=O)NC2CC2)cc1-c1ccccc1. The van der Waals surface area contributed by atoms with Gasteiger partial charge in [-0.3, -0.25) is 9.59 Å². The summed E-state index contributed by atoms with van der Waals surface area (Å²) in [6.45, 7) is -0.0119. The van der Waals surface area contributed by atoms with E-state index in [4.69, 9.17) is 4.74 Å². The van der Waals surface area contributed by atoms with E-state index in [0.29, 0.717) is 17.4 Å². The summed E-state index contributed by atoms with van der Waals surface area (Å²) in [6.07, 6.45) is 2.05. The zero-order chi connectivity index (χ0) is 16.9. The van der Waals surface area contributed by atoms with Crippen LogP contribution < -0.4 is 15.4 Å². The van der Waals surface area contributed by atoms with Gasteiger partial charge < -0.3 is 15.4 Å². The maximum atomic E-state index is 12.3. The maximum absolute atomic E-state index is 12.3. The molecule has 0 radical (unpaired) electrons. The Bertz CT molecular complexity index is 740. The van der Waals surface area contributed by atoms with Gasteiger partial charge in [-0.2, -0.15) is 0 Å². The van der Waals surface area contributed by atoms with Gasteiger partial charge in [0, 0.05) is 17.2 Å². The summed E-state index contributed by atoms with van der Waals surface area (Å²) in [4.78, 5) is 24.0. The number of benzene rings is 2. The standard InChI is InChI=1S/C19H20N2O3/c1-24-17-10-7-14(11-16(17)13-5-3-2-4-6-13)19(23)20-12-18(22)21-15-8-9-15/h2-7,10-11,15H,8-9,12H2,1H3,(H,20,23)(H,21,22). The molecule has 124 valence electrons. The van der Waals surface area contributed by atoms with Crippen LogP contribution in [-0.4, -0.2) is 31.5 Å². The fourth-order valence-electron chi connectivity index (χ4n) is 2.46. The van der Waals surface area contributed by atoms with E-state index in [2.05, 4.69) is 10.6 Å². The molecule has 0 atom stereocenters. The van der Waals surface area contributed by atoms with Gasteiger partial charge in [0.1, 0.15) is 5.75 Å². The van der Waals surface area contributed by atoms with E-state index in [9.17, 15) is 9.59 Å². The molecule has 1 aliphatic rings. The average Bonchev–Trinajstić information content (AvgIpc) is 3.43. The summed E-state index contributed by atoms with van der Waals surface area (Å²) in [5.74, 6) is 0.271. The molecule has 2 N–H and O–H groups in total. The minimum Gasteiger partial charge on any atom is -0.496 e. The third-order valence-corrected chi connectivity index (χ3v) is 3.90. The highest BCUT2D eigenvalue weighted by Gasteiger charge is 2.23. The molecular formula is C19H20N2O3. The lowest BCUT2D eigenvalue weighted by atomic mass is 10.0. The normalized spacial score (nSPS) is 13.2. The van der Waals surface area contributed by atoms with Crippen molar-refractivity contribution >= 4 is 11.8 Å². The summed E-state index contributed by atoms with van der Waals surface area (Å²) >= 11 is 0. The average molecular weight is 324 g/mol. The summed E-state index contributed by atoms with van der Waals surface area (Å²) in [5, 5.41) is 5.50. The molecule has 3 rings (SSSR count). The van der Waals surface area contributed by atoms with Crippen molar-refractivity contribution in [2.24, 2.45) is 0 Å². The van der Waals surface area contributed by atoms with Gasteiger partial charge >= 0.3 is 0 Å². The number of amides is 2. The van der Waals surface area contributed by atoms with Crippen LogP contribution in [0.3, 0.4) is 0 Å². The smallest absolute Gasteiger partial charge is 0.251 e. The Morgan fingerprint density at radius 2 is 1.88 bits per heavy atom. The lowest BCUT2D eigenvalue weighted by Gasteiger charge is -2.11. The predicted molar refractivity (Wildman–Crippen MR) is 91.9 cm³/mol. The van der Waals surface area contributed by atoms with E-state index < -0.39 is 0 Å². The Hall–Kier alpha value is -2.82. The van der Waals surface area contributed by atoms with E-state index in [1.165, 1.54) is 0 Å². The number of carbonyl (C=O) groups excluding carboxylic acids is 2. The van der Waals surface area contributed by atoms with Gasteiger partial charge in [0.15, 0.2) is 0 Å². The number of rotatable bonds is 6. The summed E-state index contributed by atoms with van der Waals surface area (Å²) in [7, 11) is 1.60. The molecule has 1 saturated carbocycles. The molecule has 0 saturated heterocycles. The van der Waals surface area contributed by atoms with Crippen LogP contribution in [0.2, 0.25) is 0 Å². The van der Waals surface area contributed by atoms with Gasteiger partial charge in [0.2, 0.25) is 5.91 Å². The number of nitrogens with one attached hydrogen (secondary N) is 2. The maximum Gasteiger partial charge on any atom is 0.251 e. The molecule has 1 fully saturated rings. The number of ether oxygens (including phenoxy) is 1. The van der Waals surface area contributed by atoms with Crippen LogP contribution >= 0.6 is 0 Å². The molecule has 0 spiro atoms. The zero-order valence-corrected chi connectivity index (χ0v) is 13.5. The summed E-state index contributed by atoms with van der Waals surface area (Å²) in [5.41, 5.74) is 2.30. The van der Waals surface area contributed by atoms with Crippen LogP contribution in [0.5, 0.6) is 5.75 Å². The van der Waals surface area contributed by atoms with E-state index in [1.54, 1.807) is 25.3 Å². The second-order valence-corrected chi connectivity index (χ2v) is 5.81. The largest absolute Gasteiger partial charge is 0.496 e. The molecule has 5 nitrogen and oxygen atoms in total. The monoisotopic (exact) mass is 324 g/mol. The molecule has 0 bridgehead atoms. The van der Waals surface area contributed by atoms with Gasteiger partial charge in [-0.25, -0.2) is 0 Å². The number of methoxy groups -OCH3 is 1. The van der Waals surface area contributed by atoms with Crippen LogP contribution in [0.4, 0.5) is 0 Å². The summed E-state index contributed by atoms with van der Waals surface area (Å²) in [6, 6.07) is 15.3. The number of carbonyl (C=O) groups is 2. The van der Waals surface area contributed by atoms with Crippen molar-refractivity contribution in [3.8, 4) is 16.9 Å². The highest BCUT2D eigenvalue weighted by Crippen LogP contribution is 2.30. The van der Waals surface area contributed by atoms with Crippen LogP contribution in [0.25, 0.3) is 11.1 Å². The van der Waals surface area contributed by atoms with E-state index in [0.717, 1.165) is 24.0 Å². The van der Waals surface area contributed by atoms with E-state index >= 15 is 0 Å². The van der Waals surface area contributed by atoms with Crippen LogP contribution in [0.1, 0.15) is 23.2 Å².